The fourth-order valence-electron chi connectivity index (χ4n) is 3.06. The Hall–Kier alpha value is -1.31. The van der Waals surface area contributed by atoms with Crippen LogP contribution in [0.15, 0.2) is 35.5 Å². The van der Waals surface area contributed by atoms with E-state index in [-0.39, 0.29) is 0 Å². The second-order valence-corrected chi connectivity index (χ2v) is 9.41. The third-order valence-corrected chi connectivity index (χ3v) is 7.20. The zero-order chi connectivity index (χ0) is 21.4. The first kappa shape index (κ1) is 21.9. The van der Waals surface area contributed by atoms with Crippen LogP contribution in [0.25, 0.3) is 10.7 Å². The quantitative estimate of drug-likeness (QED) is 0.497. The van der Waals surface area contributed by atoms with Crippen molar-refractivity contribution in [3.63, 3.8) is 0 Å². The van der Waals surface area contributed by atoms with E-state index in [4.69, 9.17) is 27.9 Å². The maximum absolute atomic E-state index is 13.3. The summed E-state index contributed by atoms with van der Waals surface area (Å²) in [6.45, 7) is -0.470. The molecule has 4 rings (SSSR count). The Kier molecular flexibility index (Phi) is 6.61. The van der Waals surface area contributed by atoms with E-state index in [9.17, 15) is 19.7 Å². The van der Waals surface area contributed by atoms with Crippen molar-refractivity contribution in [2.45, 2.75) is 34.7 Å². The largest absolute Gasteiger partial charge is 0.394 e. The van der Waals surface area contributed by atoms with E-state index in [1.165, 1.54) is 10.9 Å². The van der Waals surface area contributed by atoms with Gasteiger partial charge in [0.15, 0.2) is 5.13 Å². The van der Waals surface area contributed by atoms with Crippen LogP contribution in [0.4, 0.5) is 4.39 Å². The Morgan fingerprint density at radius 2 is 2.03 bits per heavy atom. The van der Waals surface area contributed by atoms with Crippen LogP contribution in [0, 0.1) is 5.13 Å². The number of aliphatic hydroxyl groups excluding tert-OH is 3. The number of aliphatic hydroxyl groups is 3. The number of benzene rings is 1. The van der Waals surface area contributed by atoms with Crippen LogP contribution in [0.2, 0.25) is 10.0 Å². The maximum atomic E-state index is 13.3. The van der Waals surface area contributed by atoms with Crippen molar-refractivity contribution in [1.82, 2.24) is 20.0 Å². The molecule has 5 atom stereocenters. The molecule has 0 amide bonds. The molecule has 1 aliphatic heterocycles. The molecule has 0 radical (unpaired) electrons. The molecule has 8 nitrogen and oxygen atoms in total. The van der Waals surface area contributed by atoms with Gasteiger partial charge in [0.2, 0.25) is 0 Å². The lowest BCUT2D eigenvalue weighted by Gasteiger charge is -2.41. The zero-order valence-corrected chi connectivity index (χ0v) is 18.1. The second kappa shape index (κ2) is 9.05. The maximum Gasteiger partial charge on any atom is 0.196 e. The number of nitrogens with zero attached hydrogens (tertiary/aromatic N) is 4. The first-order valence-corrected chi connectivity index (χ1v) is 11.1. The summed E-state index contributed by atoms with van der Waals surface area (Å²) in [6, 6.07) is 3.99. The standard InChI is InChI=1S/C17H15Cl2FN4O4S2/c18-8-2-1-7(3-9(8)19)29-17-15(27)13(14(26)11(6-25)28-17)24-5-10(22-23-24)16-21-4-12(20)30-16/h1-5,11,13-15,17,25-27H,6H2/t11?,13?,14-,15?,17+/m0/s1. The van der Waals surface area contributed by atoms with E-state index in [1.807, 2.05) is 0 Å². The molecule has 0 saturated carbocycles. The monoisotopic (exact) mass is 492 g/mol. The van der Waals surface area contributed by atoms with E-state index in [0.29, 0.717) is 25.6 Å². The van der Waals surface area contributed by atoms with Gasteiger partial charge in [0.25, 0.3) is 0 Å². The van der Waals surface area contributed by atoms with Crippen LogP contribution in [0.3, 0.4) is 0 Å². The summed E-state index contributed by atoms with van der Waals surface area (Å²) in [5.74, 6) is 0. The molecule has 1 saturated heterocycles. The van der Waals surface area contributed by atoms with E-state index in [1.54, 1.807) is 18.2 Å². The normalized spacial score (nSPS) is 26.8. The topological polar surface area (TPSA) is 114 Å². The Bertz CT molecular complexity index is 1040. The Labute approximate surface area is 188 Å². The number of hydrogen-bond donors (Lipinski definition) is 3. The number of ether oxygens (including phenoxy) is 1. The van der Waals surface area contributed by atoms with Gasteiger partial charge in [0.05, 0.1) is 29.0 Å². The fourth-order valence-corrected chi connectivity index (χ4v) is 5.11. The van der Waals surface area contributed by atoms with E-state index in [2.05, 4.69) is 15.3 Å². The Balaban J connectivity index is 1.61. The molecular weight excluding hydrogens is 478 g/mol. The van der Waals surface area contributed by atoms with Crippen molar-refractivity contribution in [2.24, 2.45) is 0 Å². The SMILES string of the molecule is OCC1O[C@H](Sc2ccc(Cl)c(Cl)c2)C(O)C(n2cc(-c3ncc(F)s3)nn2)[C@H]1O. The highest BCUT2D eigenvalue weighted by molar-refractivity contribution is 7.99. The molecular formula is C17H15Cl2FN4O4S2. The summed E-state index contributed by atoms with van der Waals surface area (Å²) >= 11 is 14.0. The van der Waals surface area contributed by atoms with E-state index in [0.717, 1.165) is 29.3 Å². The van der Waals surface area contributed by atoms with Gasteiger partial charge in [-0.25, -0.2) is 9.67 Å². The third kappa shape index (κ3) is 4.34. The third-order valence-electron chi connectivity index (χ3n) is 4.50. The van der Waals surface area contributed by atoms with Crippen LogP contribution < -0.4 is 0 Å². The highest BCUT2D eigenvalue weighted by Gasteiger charge is 2.46. The van der Waals surface area contributed by atoms with Crippen LogP contribution in [0.1, 0.15) is 6.04 Å². The van der Waals surface area contributed by atoms with Crippen LogP contribution >= 0.6 is 46.3 Å². The Morgan fingerprint density at radius 1 is 1.23 bits per heavy atom. The van der Waals surface area contributed by atoms with Crippen LogP contribution in [0.5, 0.6) is 0 Å². The lowest BCUT2D eigenvalue weighted by atomic mass is 9.97. The minimum absolute atomic E-state index is 0.295. The Morgan fingerprint density at radius 3 is 2.70 bits per heavy atom. The summed E-state index contributed by atoms with van der Waals surface area (Å²) in [4.78, 5) is 4.59. The molecule has 0 bridgehead atoms. The number of hydrogen-bond acceptors (Lipinski definition) is 9. The van der Waals surface area contributed by atoms with E-state index < -0.39 is 41.5 Å². The van der Waals surface area contributed by atoms with Crippen molar-refractivity contribution >= 4 is 46.3 Å². The molecule has 3 heterocycles. The van der Waals surface area contributed by atoms with Gasteiger partial charge in [-0.15, -0.1) is 5.10 Å². The average molecular weight is 493 g/mol. The molecule has 1 aromatic carbocycles. The molecule has 0 spiro atoms. The minimum Gasteiger partial charge on any atom is -0.394 e. The fraction of sp³-hybridized carbons (Fsp3) is 0.353. The molecule has 3 aromatic rings. The summed E-state index contributed by atoms with van der Waals surface area (Å²) in [5.41, 5.74) is -0.554. The first-order chi connectivity index (χ1) is 14.4. The molecule has 1 aliphatic rings. The van der Waals surface area contributed by atoms with Crippen LogP contribution in [-0.2, 0) is 4.74 Å². The van der Waals surface area contributed by atoms with Crippen molar-refractivity contribution in [3.05, 3.63) is 45.8 Å². The highest BCUT2D eigenvalue weighted by atomic mass is 35.5. The van der Waals surface area contributed by atoms with Crippen molar-refractivity contribution < 1.29 is 24.4 Å². The predicted octanol–water partition coefficient (Wildman–Crippen LogP) is 2.62. The molecule has 13 heteroatoms. The molecule has 3 N–H and O–H groups in total. The summed E-state index contributed by atoms with van der Waals surface area (Å²) in [6.07, 6.45) is -0.925. The molecule has 3 unspecified atom stereocenters. The van der Waals surface area contributed by atoms with Gasteiger partial charge in [0, 0.05) is 4.90 Å². The van der Waals surface area contributed by atoms with Gasteiger partial charge < -0.3 is 20.1 Å². The molecule has 30 heavy (non-hydrogen) atoms. The highest BCUT2D eigenvalue weighted by Crippen LogP contribution is 2.39. The predicted molar refractivity (Wildman–Crippen MR) is 110 cm³/mol. The van der Waals surface area contributed by atoms with Gasteiger partial charge >= 0.3 is 0 Å². The average Bonchev–Trinajstić information content (AvgIpc) is 3.36. The number of aromatic nitrogens is 4. The van der Waals surface area contributed by atoms with Gasteiger partial charge in [-0.05, 0) is 18.2 Å². The molecule has 2 aromatic heterocycles. The van der Waals surface area contributed by atoms with Crippen LogP contribution in [-0.4, -0.2) is 65.7 Å². The zero-order valence-electron chi connectivity index (χ0n) is 15.0. The van der Waals surface area contributed by atoms with Crippen molar-refractivity contribution in [1.29, 1.82) is 0 Å². The van der Waals surface area contributed by atoms with Gasteiger partial charge in [-0.1, -0.05) is 51.5 Å². The lowest BCUT2D eigenvalue weighted by Crippen LogP contribution is -2.55. The van der Waals surface area contributed by atoms with Crippen molar-refractivity contribution in [3.8, 4) is 10.7 Å². The van der Waals surface area contributed by atoms with Gasteiger partial charge in [0.1, 0.15) is 40.5 Å². The molecule has 0 aliphatic carbocycles. The lowest BCUT2D eigenvalue weighted by molar-refractivity contribution is -0.178. The summed E-state index contributed by atoms with van der Waals surface area (Å²) < 4.78 is 20.2. The second-order valence-electron chi connectivity index (χ2n) is 6.44. The number of thioether (sulfide) groups is 1. The van der Waals surface area contributed by atoms with Gasteiger partial charge in [-0.2, -0.15) is 4.39 Å². The molecule has 1 fully saturated rings. The summed E-state index contributed by atoms with van der Waals surface area (Å²) in [7, 11) is 0. The summed E-state index contributed by atoms with van der Waals surface area (Å²) in [5, 5.41) is 39.7. The number of halogens is 3. The smallest absolute Gasteiger partial charge is 0.196 e. The minimum atomic E-state index is -1.27. The molecule has 160 valence electrons. The van der Waals surface area contributed by atoms with E-state index >= 15 is 0 Å². The number of thiazole rings is 1. The first-order valence-electron chi connectivity index (χ1n) is 8.65. The van der Waals surface area contributed by atoms with Crippen molar-refractivity contribution in [2.75, 3.05) is 6.61 Å². The van der Waals surface area contributed by atoms with Gasteiger partial charge in [-0.3, -0.25) is 0 Å². The number of rotatable bonds is 5.